The lowest BCUT2D eigenvalue weighted by Crippen LogP contribution is -2.03. The molecule has 0 amide bonds. The van der Waals surface area contributed by atoms with Crippen molar-refractivity contribution in [2.75, 3.05) is 0 Å². The van der Waals surface area contributed by atoms with Gasteiger partial charge in [0, 0.05) is 43.9 Å². The Bertz CT molecular complexity index is 3490. The van der Waals surface area contributed by atoms with Gasteiger partial charge >= 0.3 is 0 Å². The van der Waals surface area contributed by atoms with Crippen LogP contribution < -0.4 is 0 Å². The smallest absolute Gasteiger partial charge is 0.164 e. The highest BCUT2D eigenvalue weighted by Crippen LogP contribution is 2.44. The molecule has 0 bridgehead atoms. The Morgan fingerprint density at radius 1 is 0.328 bits per heavy atom. The summed E-state index contributed by atoms with van der Waals surface area (Å²) in [7, 11) is 0. The minimum Gasteiger partial charge on any atom is -0.295 e. The third-order valence-corrected chi connectivity index (χ3v) is 11.5. The van der Waals surface area contributed by atoms with Gasteiger partial charge < -0.3 is 0 Å². The van der Waals surface area contributed by atoms with Crippen molar-refractivity contribution in [3.63, 3.8) is 0 Å². The van der Waals surface area contributed by atoms with Crippen LogP contribution in [0.15, 0.2) is 200 Å². The number of aromatic nitrogens is 5. The first-order chi connectivity index (χ1) is 28.8. The quantitative estimate of drug-likeness (QED) is 0.130. The van der Waals surface area contributed by atoms with Crippen LogP contribution in [0.3, 0.4) is 0 Å². The third kappa shape index (κ3) is 4.93. The van der Waals surface area contributed by atoms with Crippen molar-refractivity contribution in [3.8, 4) is 45.5 Å². The normalized spacial score (nSPS) is 11.8. The second-order valence-electron chi connectivity index (χ2n) is 14.8. The molecule has 9 aromatic carbocycles. The van der Waals surface area contributed by atoms with Gasteiger partial charge in [-0.25, -0.2) is 15.0 Å². The van der Waals surface area contributed by atoms with Crippen LogP contribution >= 0.6 is 0 Å². The molecule has 5 nitrogen and oxygen atoms in total. The molecule has 12 aromatic rings. The highest BCUT2D eigenvalue weighted by Gasteiger charge is 2.24. The molecule has 58 heavy (non-hydrogen) atoms. The van der Waals surface area contributed by atoms with E-state index in [1.807, 2.05) is 36.4 Å². The molecule has 0 unspecified atom stereocenters. The zero-order chi connectivity index (χ0) is 38.2. The topological polar surface area (TPSA) is 48.5 Å². The Balaban J connectivity index is 1.25. The zero-order valence-electron chi connectivity index (χ0n) is 31.3. The fraction of sp³-hybridized carbons (Fsp3) is 0. The molecule has 0 aliphatic carbocycles. The molecule has 5 heteroatoms. The van der Waals surface area contributed by atoms with E-state index in [4.69, 9.17) is 15.0 Å². The molecule has 0 saturated heterocycles. The van der Waals surface area contributed by atoms with Gasteiger partial charge in [-0.3, -0.25) is 9.13 Å². The number of para-hydroxylation sites is 3. The summed E-state index contributed by atoms with van der Waals surface area (Å²) < 4.78 is 4.92. The van der Waals surface area contributed by atoms with E-state index in [1.54, 1.807) is 0 Å². The van der Waals surface area contributed by atoms with Crippen LogP contribution in [0.4, 0.5) is 0 Å². The lowest BCUT2D eigenvalue weighted by Gasteiger charge is -2.18. The van der Waals surface area contributed by atoms with Crippen molar-refractivity contribution in [1.29, 1.82) is 0 Å². The monoisotopic (exact) mass is 739 g/mol. The zero-order valence-corrected chi connectivity index (χ0v) is 31.3. The van der Waals surface area contributed by atoms with E-state index in [9.17, 15) is 0 Å². The predicted molar refractivity (Wildman–Crippen MR) is 240 cm³/mol. The minimum atomic E-state index is 0.630. The largest absolute Gasteiger partial charge is 0.295 e. The van der Waals surface area contributed by atoms with Crippen LogP contribution in [0.5, 0.6) is 0 Å². The van der Waals surface area contributed by atoms with Crippen molar-refractivity contribution in [3.05, 3.63) is 200 Å². The second-order valence-corrected chi connectivity index (χ2v) is 14.8. The van der Waals surface area contributed by atoms with Crippen molar-refractivity contribution in [2.24, 2.45) is 0 Å². The molecule has 0 radical (unpaired) electrons. The van der Waals surface area contributed by atoms with E-state index in [-0.39, 0.29) is 0 Å². The number of hydrogen-bond acceptors (Lipinski definition) is 3. The van der Waals surface area contributed by atoms with Crippen LogP contribution in [0.2, 0.25) is 0 Å². The average molecular weight is 740 g/mol. The molecule has 0 saturated carbocycles. The van der Waals surface area contributed by atoms with Crippen LogP contribution in [-0.4, -0.2) is 24.1 Å². The van der Waals surface area contributed by atoms with E-state index in [2.05, 4.69) is 173 Å². The van der Waals surface area contributed by atoms with Crippen molar-refractivity contribution < 1.29 is 0 Å². The summed E-state index contributed by atoms with van der Waals surface area (Å²) in [5, 5.41) is 10.6. The lowest BCUT2D eigenvalue weighted by molar-refractivity contribution is 1.07. The van der Waals surface area contributed by atoms with Gasteiger partial charge in [-0.2, -0.15) is 0 Å². The van der Waals surface area contributed by atoms with Crippen LogP contribution in [-0.2, 0) is 0 Å². The number of rotatable bonds is 5. The van der Waals surface area contributed by atoms with Crippen LogP contribution in [0, 0.1) is 0 Å². The summed E-state index contributed by atoms with van der Waals surface area (Å²) in [5.41, 5.74) is 8.47. The summed E-state index contributed by atoms with van der Waals surface area (Å²) in [5.74, 6) is 1.91. The first-order valence-electron chi connectivity index (χ1n) is 19.6. The van der Waals surface area contributed by atoms with E-state index in [0.29, 0.717) is 17.5 Å². The number of benzene rings is 9. The minimum absolute atomic E-state index is 0.630. The molecule has 0 spiro atoms. The van der Waals surface area contributed by atoms with Gasteiger partial charge in [0.05, 0.1) is 16.7 Å². The summed E-state index contributed by atoms with van der Waals surface area (Å²) in [4.78, 5) is 15.5. The van der Waals surface area contributed by atoms with Gasteiger partial charge in [-0.05, 0) is 69.4 Å². The van der Waals surface area contributed by atoms with Gasteiger partial charge in [0.25, 0.3) is 0 Å². The maximum atomic E-state index is 5.22. The first-order valence-corrected chi connectivity index (χ1v) is 19.6. The molecule has 0 aliphatic rings. The van der Waals surface area contributed by atoms with E-state index in [1.165, 1.54) is 43.2 Å². The van der Waals surface area contributed by atoms with Gasteiger partial charge in [0.2, 0.25) is 0 Å². The SMILES string of the molecule is c1ccc(-c2nc(-c3ccccc3)nc(-c3cccc4c3cc(-n3c5ccccc5c5c6ccccc6n(-c6ccccc6)c53)c3cc5ccccc5cc34)n2)cc1. The fourth-order valence-corrected chi connectivity index (χ4v) is 8.93. The molecule has 0 fully saturated rings. The Labute approximate surface area is 333 Å². The first kappa shape index (κ1) is 32.4. The van der Waals surface area contributed by atoms with Gasteiger partial charge in [0.15, 0.2) is 17.5 Å². The Morgan fingerprint density at radius 2 is 0.828 bits per heavy atom. The molecule has 3 heterocycles. The predicted octanol–water partition coefficient (Wildman–Crippen LogP) is 13.4. The van der Waals surface area contributed by atoms with Gasteiger partial charge in [-0.1, -0.05) is 158 Å². The van der Waals surface area contributed by atoms with Crippen LogP contribution in [0.25, 0.3) is 111 Å². The molecular weight excluding hydrogens is 707 g/mol. The van der Waals surface area contributed by atoms with Crippen molar-refractivity contribution in [1.82, 2.24) is 24.1 Å². The molecule has 270 valence electrons. The van der Waals surface area contributed by atoms with Crippen molar-refractivity contribution >= 4 is 65.2 Å². The molecule has 3 aromatic heterocycles. The van der Waals surface area contributed by atoms with Gasteiger partial charge in [-0.15, -0.1) is 0 Å². The number of nitrogens with zero attached hydrogens (tertiary/aromatic N) is 5. The van der Waals surface area contributed by atoms with E-state index < -0.39 is 0 Å². The van der Waals surface area contributed by atoms with Crippen LogP contribution in [0.1, 0.15) is 0 Å². The maximum Gasteiger partial charge on any atom is 0.164 e. The molecule has 12 rings (SSSR count). The summed E-state index contributed by atoms with van der Waals surface area (Å²) in [6, 6.07) is 71.0. The number of hydrogen-bond donors (Lipinski definition) is 0. The molecule has 0 aliphatic heterocycles. The third-order valence-electron chi connectivity index (χ3n) is 11.5. The van der Waals surface area contributed by atoms with E-state index >= 15 is 0 Å². The maximum absolute atomic E-state index is 5.22. The van der Waals surface area contributed by atoms with Crippen molar-refractivity contribution in [2.45, 2.75) is 0 Å². The Morgan fingerprint density at radius 3 is 1.47 bits per heavy atom. The van der Waals surface area contributed by atoms with Gasteiger partial charge in [0.1, 0.15) is 5.65 Å². The fourth-order valence-electron chi connectivity index (χ4n) is 8.93. The highest BCUT2D eigenvalue weighted by molar-refractivity contribution is 6.24. The second kappa shape index (κ2) is 12.8. The number of fused-ring (bicyclic) bond motifs is 9. The molecular formula is C53H33N5. The Kier molecular flexibility index (Phi) is 7.16. The summed E-state index contributed by atoms with van der Waals surface area (Å²) in [6.07, 6.45) is 0. The molecule has 0 atom stereocenters. The average Bonchev–Trinajstić information content (AvgIpc) is 3.81. The van der Waals surface area contributed by atoms with E-state index in [0.717, 1.165) is 50.0 Å². The highest BCUT2D eigenvalue weighted by atomic mass is 15.1. The lowest BCUT2D eigenvalue weighted by atomic mass is 9.94. The summed E-state index contributed by atoms with van der Waals surface area (Å²) in [6.45, 7) is 0. The summed E-state index contributed by atoms with van der Waals surface area (Å²) >= 11 is 0. The molecule has 0 N–H and O–H groups in total. The standard InChI is InChI=1S/C53H33N5/c1-4-17-34(18-5-1)50-54-51(35-19-6-2-7-20-35)56-52(55-50)40-28-16-27-39-43-31-36-21-10-11-22-37(36)32-45(43)48(33-44(39)40)58-47-30-15-13-26-42(47)49-41-25-12-14-29-46(41)57(53(49)58)38-23-8-3-9-24-38/h1-33H. The Hall–Kier alpha value is -7.89.